The maximum absolute atomic E-state index is 4.32. The Kier molecular flexibility index (Phi) is 3.29. The normalized spacial score (nSPS) is 11.0. The molecule has 0 aliphatic rings. The molecule has 0 atom stereocenters. The van der Waals surface area contributed by atoms with Crippen molar-refractivity contribution in [2.24, 2.45) is 0 Å². The number of hydrogen-bond acceptors (Lipinski definition) is 3. The van der Waals surface area contributed by atoms with Crippen molar-refractivity contribution in [3.05, 3.63) is 34.3 Å². The van der Waals surface area contributed by atoms with E-state index in [1.54, 1.807) is 11.3 Å². The fourth-order valence-electron chi connectivity index (χ4n) is 1.49. The minimum absolute atomic E-state index is 0.427. The van der Waals surface area contributed by atoms with Crippen LogP contribution in [0, 0.1) is 6.92 Å². The molecular weight excluding hydrogens is 218 g/mol. The van der Waals surface area contributed by atoms with E-state index < -0.39 is 0 Å². The van der Waals surface area contributed by atoms with E-state index in [4.69, 9.17) is 0 Å². The lowest BCUT2D eigenvalue weighted by atomic mass is 10.3. The van der Waals surface area contributed by atoms with Crippen molar-refractivity contribution in [2.45, 2.75) is 33.4 Å². The molecule has 86 valence electrons. The number of rotatable bonds is 4. The maximum atomic E-state index is 4.32. The summed E-state index contributed by atoms with van der Waals surface area (Å²) in [7, 11) is 0. The third-order valence-electron chi connectivity index (χ3n) is 2.52. The van der Waals surface area contributed by atoms with E-state index in [1.807, 2.05) is 10.9 Å². The molecule has 0 bridgehead atoms. The Labute approximate surface area is 100 Å². The first-order chi connectivity index (χ1) is 7.66. The van der Waals surface area contributed by atoms with Gasteiger partial charge >= 0.3 is 0 Å². The van der Waals surface area contributed by atoms with E-state index in [9.17, 15) is 0 Å². The predicted molar refractivity (Wildman–Crippen MR) is 69.0 cm³/mol. The number of hydrogen-bond donors (Lipinski definition) is 1. The first-order valence-electron chi connectivity index (χ1n) is 5.46. The second-order valence-electron chi connectivity index (χ2n) is 4.24. The van der Waals surface area contributed by atoms with Gasteiger partial charge in [-0.3, -0.25) is 4.68 Å². The van der Waals surface area contributed by atoms with Gasteiger partial charge in [-0.05, 0) is 31.7 Å². The Morgan fingerprint density at radius 1 is 1.44 bits per heavy atom. The molecule has 0 amide bonds. The molecule has 0 saturated heterocycles. The van der Waals surface area contributed by atoms with E-state index >= 15 is 0 Å². The molecule has 0 saturated carbocycles. The van der Waals surface area contributed by atoms with Gasteiger partial charge < -0.3 is 5.32 Å². The van der Waals surface area contributed by atoms with Gasteiger partial charge in [-0.15, -0.1) is 11.3 Å². The van der Waals surface area contributed by atoms with Crippen molar-refractivity contribution in [1.29, 1.82) is 0 Å². The van der Waals surface area contributed by atoms with Crippen LogP contribution in [0.2, 0.25) is 0 Å². The Morgan fingerprint density at radius 3 is 2.81 bits per heavy atom. The van der Waals surface area contributed by atoms with Gasteiger partial charge in [0.1, 0.15) is 0 Å². The Morgan fingerprint density at radius 2 is 2.25 bits per heavy atom. The van der Waals surface area contributed by atoms with E-state index in [-0.39, 0.29) is 0 Å². The fraction of sp³-hybridized carbons (Fsp3) is 0.417. The Hall–Kier alpha value is -1.29. The largest absolute Gasteiger partial charge is 0.380 e. The van der Waals surface area contributed by atoms with Gasteiger partial charge in [-0.2, -0.15) is 5.10 Å². The van der Waals surface area contributed by atoms with Crippen LogP contribution in [0.3, 0.4) is 0 Å². The molecule has 2 heterocycles. The lowest BCUT2D eigenvalue weighted by Gasteiger charge is -2.04. The van der Waals surface area contributed by atoms with Crippen LogP contribution in [0.25, 0.3) is 0 Å². The average molecular weight is 235 g/mol. The van der Waals surface area contributed by atoms with Crippen LogP contribution >= 0.6 is 11.3 Å². The molecule has 2 aromatic heterocycles. The minimum Gasteiger partial charge on any atom is -0.380 e. The van der Waals surface area contributed by atoms with Crippen molar-refractivity contribution in [1.82, 2.24) is 9.78 Å². The van der Waals surface area contributed by atoms with Crippen LogP contribution in [0.5, 0.6) is 0 Å². The van der Waals surface area contributed by atoms with Crippen molar-refractivity contribution < 1.29 is 0 Å². The zero-order chi connectivity index (χ0) is 11.5. The molecule has 0 aliphatic carbocycles. The summed E-state index contributed by atoms with van der Waals surface area (Å²) in [5.41, 5.74) is 3.75. The molecular formula is C12H17N3S. The standard InChI is InChI=1S/C12H17N3S/c1-9(2)15-6-11(5-14-15)4-13-12-8-16-7-10(12)3/h5-9,13H,4H2,1-3H3. The van der Waals surface area contributed by atoms with Crippen LogP contribution in [-0.4, -0.2) is 9.78 Å². The number of nitrogens with zero attached hydrogens (tertiary/aromatic N) is 2. The highest BCUT2D eigenvalue weighted by Crippen LogP contribution is 2.20. The van der Waals surface area contributed by atoms with Crippen LogP contribution in [0.15, 0.2) is 23.2 Å². The second-order valence-corrected chi connectivity index (χ2v) is 4.99. The number of thiophene rings is 1. The van der Waals surface area contributed by atoms with Gasteiger partial charge in [0.15, 0.2) is 0 Å². The van der Waals surface area contributed by atoms with Crippen LogP contribution in [0.4, 0.5) is 5.69 Å². The average Bonchev–Trinajstić information content (AvgIpc) is 2.83. The minimum atomic E-state index is 0.427. The van der Waals surface area contributed by atoms with Crippen molar-refractivity contribution in [3.63, 3.8) is 0 Å². The van der Waals surface area contributed by atoms with E-state index in [0.717, 1.165) is 6.54 Å². The highest BCUT2D eigenvalue weighted by Gasteiger charge is 2.02. The molecule has 16 heavy (non-hydrogen) atoms. The summed E-state index contributed by atoms with van der Waals surface area (Å²) < 4.78 is 1.98. The summed E-state index contributed by atoms with van der Waals surface area (Å²) in [6, 6.07) is 0.427. The van der Waals surface area contributed by atoms with Gasteiger partial charge in [-0.25, -0.2) is 0 Å². The Bertz CT molecular complexity index is 456. The van der Waals surface area contributed by atoms with Crippen LogP contribution in [-0.2, 0) is 6.54 Å². The first-order valence-corrected chi connectivity index (χ1v) is 6.41. The number of nitrogens with one attached hydrogen (secondary N) is 1. The lowest BCUT2D eigenvalue weighted by molar-refractivity contribution is 0.532. The van der Waals surface area contributed by atoms with Gasteiger partial charge in [0.25, 0.3) is 0 Å². The topological polar surface area (TPSA) is 29.9 Å². The number of anilines is 1. The molecule has 2 aromatic rings. The smallest absolute Gasteiger partial charge is 0.0539 e. The summed E-state index contributed by atoms with van der Waals surface area (Å²) in [5, 5.41) is 12.0. The van der Waals surface area contributed by atoms with E-state index in [1.165, 1.54) is 16.8 Å². The summed E-state index contributed by atoms with van der Waals surface area (Å²) in [5.74, 6) is 0. The molecule has 0 aliphatic heterocycles. The van der Waals surface area contributed by atoms with Crippen molar-refractivity contribution in [2.75, 3.05) is 5.32 Å². The second kappa shape index (κ2) is 4.70. The molecule has 0 spiro atoms. The molecule has 3 nitrogen and oxygen atoms in total. The van der Waals surface area contributed by atoms with Crippen LogP contribution in [0.1, 0.15) is 31.0 Å². The molecule has 0 unspecified atom stereocenters. The first kappa shape index (κ1) is 11.2. The van der Waals surface area contributed by atoms with Gasteiger partial charge in [0.2, 0.25) is 0 Å². The third kappa shape index (κ3) is 2.44. The summed E-state index contributed by atoms with van der Waals surface area (Å²) in [4.78, 5) is 0. The summed E-state index contributed by atoms with van der Waals surface area (Å²) in [6.07, 6.45) is 4.02. The van der Waals surface area contributed by atoms with E-state index in [0.29, 0.717) is 6.04 Å². The van der Waals surface area contributed by atoms with Crippen LogP contribution < -0.4 is 5.32 Å². The predicted octanol–water partition coefficient (Wildman–Crippen LogP) is 3.45. The monoisotopic (exact) mass is 235 g/mol. The molecule has 0 aromatic carbocycles. The number of aryl methyl sites for hydroxylation is 1. The quantitative estimate of drug-likeness (QED) is 0.879. The van der Waals surface area contributed by atoms with Crippen molar-refractivity contribution >= 4 is 17.0 Å². The molecule has 4 heteroatoms. The third-order valence-corrected chi connectivity index (χ3v) is 3.38. The highest BCUT2D eigenvalue weighted by molar-refractivity contribution is 7.08. The van der Waals surface area contributed by atoms with Gasteiger partial charge in [0.05, 0.1) is 6.20 Å². The fourth-order valence-corrected chi connectivity index (χ4v) is 2.29. The maximum Gasteiger partial charge on any atom is 0.0539 e. The molecule has 1 N–H and O–H groups in total. The van der Waals surface area contributed by atoms with E-state index in [2.05, 4.69) is 48.1 Å². The lowest BCUT2D eigenvalue weighted by Crippen LogP contribution is -2.01. The summed E-state index contributed by atoms with van der Waals surface area (Å²) >= 11 is 1.73. The van der Waals surface area contributed by atoms with Crippen molar-refractivity contribution in [3.8, 4) is 0 Å². The summed E-state index contributed by atoms with van der Waals surface area (Å²) in [6.45, 7) is 7.22. The van der Waals surface area contributed by atoms with Gasteiger partial charge in [-0.1, -0.05) is 0 Å². The number of aromatic nitrogens is 2. The molecule has 0 fully saturated rings. The van der Waals surface area contributed by atoms with Gasteiger partial charge in [0, 0.05) is 35.4 Å². The SMILES string of the molecule is Cc1cscc1NCc1cnn(C(C)C)c1. The Balaban J connectivity index is 1.97. The molecule has 2 rings (SSSR count). The zero-order valence-electron chi connectivity index (χ0n) is 9.90. The zero-order valence-corrected chi connectivity index (χ0v) is 10.7. The highest BCUT2D eigenvalue weighted by atomic mass is 32.1. The molecule has 0 radical (unpaired) electrons.